The lowest BCUT2D eigenvalue weighted by Gasteiger charge is -2.19. The Morgan fingerprint density at radius 2 is 1.77 bits per heavy atom. The van der Waals surface area contributed by atoms with Gasteiger partial charge in [0.05, 0.1) is 5.92 Å². The van der Waals surface area contributed by atoms with E-state index in [2.05, 4.69) is 20.9 Å². The highest BCUT2D eigenvalue weighted by atomic mass is 32.2. The van der Waals surface area contributed by atoms with Crippen LogP contribution in [0.15, 0.2) is 59.5 Å². The van der Waals surface area contributed by atoms with Crippen LogP contribution in [0.4, 0.5) is 11.4 Å². The molecule has 0 bridgehead atoms. The van der Waals surface area contributed by atoms with E-state index in [-0.39, 0.29) is 12.5 Å². The van der Waals surface area contributed by atoms with Gasteiger partial charge in [0.1, 0.15) is 0 Å². The van der Waals surface area contributed by atoms with Crippen molar-refractivity contribution < 1.29 is 13.2 Å². The Balaban J connectivity index is 1.71. The van der Waals surface area contributed by atoms with E-state index in [1.165, 1.54) is 0 Å². The summed E-state index contributed by atoms with van der Waals surface area (Å²) in [6.45, 7) is 0.217. The third-order valence-corrected chi connectivity index (χ3v) is 6.37. The molecule has 2 unspecified atom stereocenters. The van der Waals surface area contributed by atoms with E-state index in [0.29, 0.717) is 11.4 Å². The van der Waals surface area contributed by atoms with Crippen LogP contribution < -0.4 is 20.9 Å². The molecule has 2 aromatic rings. The van der Waals surface area contributed by atoms with Crippen LogP contribution in [-0.2, 0) is 14.8 Å². The Morgan fingerprint density at radius 1 is 1.08 bits per heavy atom. The van der Waals surface area contributed by atoms with Crippen LogP contribution in [0, 0.1) is 5.92 Å². The molecule has 0 saturated carbocycles. The van der Waals surface area contributed by atoms with Crippen molar-refractivity contribution in [1.29, 1.82) is 0 Å². The van der Waals surface area contributed by atoms with E-state index in [9.17, 15) is 13.2 Å². The standard InChI is InChI=1S/C17H20N4O3S2/c1-25-14-9-7-12(8-10-14)19-16(22)15-11-18-20-17(15)26(23,24)21-13-5-3-2-4-6-13/h2-10,15,17-18,20-21H,11H2,1H3,(H,19,22). The average Bonchev–Trinajstić information content (AvgIpc) is 3.14. The molecule has 1 fully saturated rings. The van der Waals surface area contributed by atoms with Gasteiger partial charge in [-0.05, 0) is 42.7 Å². The maximum Gasteiger partial charge on any atom is 0.250 e. The van der Waals surface area contributed by atoms with Gasteiger partial charge in [-0.2, -0.15) is 0 Å². The summed E-state index contributed by atoms with van der Waals surface area (Å²) in [6, 6.07) is 16.0. The Morgan fingerprint density at radius 3 is 2.42 bits per heavy atom. The molecule has 3 rings (SSSR count). The highest BCUT2D eigenvalue weighted by Gasteiger charge is 2.41. The number of carbonyl (C=O) groups is 1. The van der Waals surface area contributed by atoms with Gasteiger partial charge in [-0.15, -0.1) is 11.8 Å². The van der Waals surface area contributed by atoms with E-state index < -0.39 is 21.3 Å². The molecule has 0 radical (unpaired) electrons. The number of sulfonamides is 1. The number of anilines is 2. The predicted octanol–water partition coefficient (Wildman–Crippen LogP) is 1.84. The first kappa shape index (κ1) is 18.7. The summed E-state index contributed by atoms with van der Waals surface area (Å²) in [5.41, 5.74) is 6.54. The predicted molar refractivity (Wildman–Crippen MR) is 104 cm³/mol. The maximum absolute atomic E-state index is 12.7. The van der Waals surface area contributed by atoms with Gasteiger partial charge in [0.15, 0.2) is 5.37 Å². The topological polar surface area (TPSA) is 99.3 Å². The fourth-order valence-electron chi connectivity index (χ4n) is 2.64. The van der Waals surface area contributed by atoms with Crippen molar-refractivity contribution in [1.82, 2.24) is 10.9 Å². The van der Waals surface area contributed by atoms with Crippen molar-refractivity contribution >= 4 is 39.1 Å². The first-order valence-electron chi connectivity index (χ1n) is 7.99. The first-order valence-corrected chi connectivity index (χ1v) is 10.8. The third-order valence-electron chi connectivity index (χ3n) is 3.99. The molecule has 4 N–H and O–H groups in total. The zero-order valence-electron chi connectivity index (χ0n) is 14.1. The summed E-state index contributed by atoms with van der Waals surface area (Å²) >= 11 is 1.61. The molecule has 2 aromatic carbocycles. The summed E-state index contributed by atoms with van der Waals surface area (Å²) < 4.78 is 27.8. The molecule has 0 aromatic heterocycles. The van der Waals surface area contributed by atoms with E-state index in [4.69, 9.17) is 0 Å². The highest BCUT2D eigenvalue weighted by molar-refractivity contribution is 7.98. The normalized spacial score (nSPS) is 19.9. The number of thioether (sulfide) groups is 1. The maximum atomic E-state index is 12.7. The van der Waals surface area contributed by atoms with Gasteiger partial charge >= 0.3 is 0 Å². The molecule has 2 atom stereocenters. The minimum absolute atomic E-state index is 0.217. The lowest BCUT2D eigenvalue weighted by atomic mass is 10.1. The summed E-state index contributed by atoms with van der Waals surface area (Å²) in [4.78, 5) is 13.7. The van der Waals surface area contributed by atoms with Crippen LogP contribution in [-0.4, -0.2) is 32.5 Å². The van der Waals surface area contributed by atoms with Crippen LogP contribution in [0.3, 0.4) is 0 Å². The summed E-state index contributed by atoms with van der Waals surface area (Å²) in [5, 5.41) is 1.70. The Kier molecular flexibility index (Phi) is 5.82. The second-order valence-corrected chi connectivity index (χ2v) is 8.46. The molecule has 138 valence electrons. The number of hydrogen-bond acceptors (Lipinski definition) is 6. The molecule has 1 amide bonds. The molecule has 1 aliphatic rings. The number of benzene rings is 2. The monoisotopic (exact) mass is 392 g/mol. The minimum atomic E-state index is -3.80. The number of carbonyl (C=O) groups excluding carboxylic acids is 1. The SMILES string of the molecule is CSc1ccc(NC(=O)C2CNNC2S(=O)(=O)Nc2ccccc2)cc1. The van der Waals surface area contributed by atoms with Gasteiger partial charge in [-0.25, -0.2) is 13.8 Å². The van der Waals surface area contributed by atoms with E-state index in [1.807, 2.05) is 18.4 Å². The Bertz CT molecular complexity index is 857. The molecule has 1 heterocycles. The van der Waals surface area contributed by atoms with Crippen molar-refractivity contribution in [2.24, 2.45) is 5.92 Å². The zero-order valence-corrected chi connectivity index (χ0v) is 15.7. The van der Waals surface area contributed by atoms with Gasteiger partial charge in [0.2, 0.25) is 5.91 Å². The second-order valence-electron chi connectivity index (χ2n) is 5.78. The van der Waals surface area contributed by atoms with Crippen LogP contribution in [0.2, 0.25) is 0 Å². The lowest BCUT2D eigenvalue weighted by Crippen LogP contribution is -2.45. The lowest BCUT2D eigenvalue weighted by molar-refractivity contribution is -0.119. The van der Waals surface area contributed by atoms with Crippen molar-refractivity contribution in [3.8, 4) is 0 Å². The molecule has 7 nitrogen and oxygen atoms in total. The van der Waals surface area contributed by atoms with Crippen LogP contribution in [0.25, 0.3) is 0 Å². The smallest absolute Gasteiger partial charge is 0.250 e. The molecule has 1 aliphatic heterocycles. The third kappa shape index (κ3) is 4.36. The molecule has 1 saturated heterocycles. The van der Waals surface area contributed by atoms with E-state index in [0.717, 1.165) is 4.90 Å². The van der Waals surface area contributed by atoms with Crippen molar-refractivity contribution in [2.75, 3.05) is 22.8 Å². The minimum Gasteiger partial charge on any atom is -0.326 e. The molecule has 0 spiro atoms. The molecular formula is C17H20N4O3S2. The highest BCUT2D eigenvalue weighted by Crippen LogP contribution is 2.21. The number of hydrazine groups is 1. The fourth-order valence-corrected chi connectivity index (χ4v) is 4.54. The van der Waals surface area contributed by atoms with E-state index >= 15 is 0 Å². The van der Waals surface area contributed by atoms with Crippen molar-refractivity contribution in [2.45, 2.75) is 10.3 Å². The molecule has 0 aliphatic carbocycles. The Labute approximate surface area is 157 Å². The fraction of sp³-hybridized carbons (Fsp3) is 0.235. The Hall–Kier alpha value is -2.07. The number of rotatable bonds is 6. The largest absolute Gasteiger partial charge is 0.326 e. The summed E-state index contributed by atoms with van der Waals surface area (Å²) in [6.07, 6.45) is 1.97. The van der Waals surface area contributed by atoms with Crippen LogP contribution >= 0.6 is 11.8 Å². The molecule has 9 heteroatoms. The van der Waals surface area contributed by atoms with Crippen molar-refractivity contribution in [3.05, 3.63) is 54.6 Å². The van der Waals surface area contributed by atoms with E-state index in [1.54, 1.807) is 54.2 Å². The van der Waals surface area contributed by atoms with Gasteiger partial charge < -0.3 is 5.32 Å². The first-order chi connectivity index (χ1) is 12.5. The van der Waals surface area contributed by atoms with Crippen LogP contribution in [0.5, 0.6) is 0 Å². The van der Waals surface area contributed by atoms with Gasteiger partial charge in [0.25, 0.3) is 10.0 Å². The zero-order chi connectivity index (χ0) is 18.6. The number of hydrogen-bond donors (Lipinski definition) is 4. The number of nitrogens with one attached hydrogen (secondary N) is 4. The van der Waals surface area contributed by atoms with Gasteiger partial charge in [-0.1, -0.05) is 18.2 Å². The van der Waals surface area contributed by atoms with Gasteiger partial charge in [-0.3, -0.25) is 14.9 Å². The summed E-state index contributed by atoms with van der Waals surface area (Å²) in [7, 11) is -3.80. The second kappa shape index (κ2) is 8.09. The molecular weight excluding hydrogens is 372 g/mol. The quantitative estimate of drug-likeness (QED) is 0.560. The van der Waals surface area contributed by atoms with Crippen molar-refractivity contribution in [3.63, 3.8) is 0 Å². The molecule has 26 heavy (non-hydrogen) atoms. The average molecular weight is 393 g/mol. The van der Waals surface area contributed by atoms with Crippen LogP contribution in [0.1, 0.15) is 0 Å². The summed E-state index contributed by atoms with van der Waals surface area (Å²) in [5.74, 6) is -1.13. The number of amides is 1. The number of para-hydroxylation sites is 1. The van der Waals surface area contributed by atoms with Gasteiger partial charge in [0, 0.05) is 22.8 Å².